The van der Waals surface area contributed by atoms with E-state index in [1.807, 2.05) is 0 Å². The lowest BCUT2D eigenvalue weighted by molar-refractivity contribution is 0.686. The minimum Gasteiger partial charge on any atom is -0.0622 e. The number of rotatable bonds is 9. The van der Waals surface area contributed by atoms with Gasteiger partial charge in [0.15, 0.2) is 0 Å². The summed E-state index contributed by atoms with van der Waals surface area (Å²) in [6, 6.07) is 63.8. The molecule has 0 radical (unpaired) electrons. The lowest BCUT2D eigenvalue weighted by Crippen LogP contribution is -2.15. The Hall–Kier alpha value is -4.34. The van der Waals surface area contributed by atoms with Crippen LogP contribution in [-0.2, 0) is 25.2 Å². The molecule has 2 heteroatoms. The van der Waals surface area contributed by atoms with Crippen LogP contribution in [0.25, 0.3) is 21.9 Å². The van der Waals surface area contributed by atoms with Gasteiger partial charge in [-0.2, -0.15) is 0 Å². The van der Waals surface area contributed by atoms with Gasteiger partial charge in [-0.25, -0.2) is 0 Å². The first-order valence-corrected chi connectivity index (χ1v) is 20.3. The minimum atomic E-state index is -0.595. The molecule has 0 aliphatic heterocycles. The van der Waals surface area contributed by atoms with Crippen molar-refractivity contribution >= 4 is 47.8 Å². The van der Waals surface area contributed by atoms with Gasteiger partial charge in [0.25, 0.3) is 0 Å². The number of hydrogen-bond donors (Lipinski definition) is 0. The summed E-state index contributed by atoms with van der Waals surface area (Å²) < 4.78 is 0. The molecule has 0 fully saturated rings. The van der Waals surface area contributed by atoms with Crippen molar-refractivity contribution in [1.29, 1.82) is 0 Å². The maximum atomic E-state index is 2.50. The molecule has 1 aliphatic carbocycles. The molecule has 8 rings (SSSR count). The van der Waals surface area contributed by atoms with Crippen LogP contribution < -0.4 is 21.2 Å². The Labute approximate surface area is 288 Å². The van der Waals surface area contributed by atoms with E-state index in [9.17, 15) is 0 Å². The molecule has 0 saturated carbocycles. The first-order chi connectivity index (χ1) is 23.8. The van der Waals surface area contributed by atoms with Crippen molar-refractivity contribution in [2.24, 2.45) is 0 Å². The van der Waals surface area contributed by atoms with E-state index in [-0.39, 0.29) is 0 Å². The Bertz CT molecular complexity index is 2040. The molecule has 0 N–H and O–H groups in total. The summed E-state index contributed by atoms with van der Waals surface area (Å²) in [7, 11) is -1.18. The largest absolute Gasteiger partial charge is 0.0622 e. The van der Waals surface area contributed by atoms with E-state index >= 15 is 0 Å². The van der Waals surface area contributed by atoms with Crippen molar-refractivity contribution in [3.8, 4) is 11.1 Å². The molecule has 48 heavy (non-hydrogen) atoms. The third-order valence-electron chi connectivity index (χ3n) is 9.81. The lowest BCUT2D eigenvalue weighted by atomic mass is 9.81. The van der Waals surface area contributed by atoms with E-state index in [0.29, 0.717) is 0 Å². The zero-order valence-electron chi connectivity index (χ0n) is 27.3. The third kappa shape index (κ3) is 6.41. The van der Waals surface area contributed by atoms with Crippen LogP contribution >= 0.6 is 15.8 Å². The molecule has 7 aromatic rings. The van der Waals surface area contributed by atoms with E-state index in [2.05, 4.69) is 170 Å². The van der Waals surface area contributed by atoms with Gasteiger partial charge in [0, 0.05) is 12.3 Å². The summed E-state index contributed by atoms with van der Waals surface area (Å²) >= 11 is 0. The van der Waals surface area contributed by atoms with Gasteiger partial charge in [0.1, 0.15) is 0 Å². The van der Waals surface area contributed by atoms with Crippen LogP contribution in [0.5, 0.6) is 0 Å². The number of benzene rings is 7. The summed E-state index contributed by atoms with van der Waals surface area (Å²) in [6.07, 6.45) is 6.91. The van der Waals surface area contributed by atoms with Gasteiger partial charge in [0.2, 0.25) is 0 Å². The molecular formula is C46H40P2. The molecule has 234 valence electrons. The second kappa shape index (κ2) is 14.4. The SMILES string of the molecule is c1ccc(P(Cc2ccc3c(c2-c2c(CP(c4ccccc4)c4ccccc4)ccc4ccccc24)CCCC3)c2ccccc2)cc1. The molecule has 0 saturated heterocycles. The van der Waals surface area contributed by atoms with Gasteiger partial charge in [-0.15, -0.1) is 0 Å². The highest BCUT2D eigenvalue weighted by molar-refractivity contribution is 7.72. The summed E-state index contributed by atoms with van der Waals surface area (Å²) in [5, 5.41) is 8.46. The highest BCUT2D eigenvalue weighted by Crippen LogP contribution is 2.48. The zero-order valence-corrected chi connectivity index (χ0v) is 29.1. The Morgan fingerprint density at radius 3 is 1.35 bits per heavy atom. The quantitative estimate of drug-likeness (QED) is 0.136. The predicted octanol–water partition coefficient (Wildman–Crippen LogP) is 10.7. The normalized spacial score (nSPS) is 12.8. The first-order valence-electron chi connectivity index (χ1n) is 17.2. The summed E-state index contributed by atoms with van der Waals surface area (Å²) in [4.78, 5) is 0. The molecule has 0 heterocycles. The lowest BCUT2D eigenvalue weighted by Gasteiger charge is -2.28. The third-order valence-corrected chi connectivity index (χ3v) is 14.8. The van der Waals surface area contributed by atoms with Crippen LogP contribution in [0.15, 0.2) is 170 Å². The standard InChI is InChI=1S/C46H40P2/c1-5-19-39(20-6-1)47(40-21-7-2-8-22-40)33-37-31-29-35-17-13-15-27-43(35)45(37)46-38(32-30-36-18-14-16-28-44(36)46)34-48(41-23-9-3-10-24-41)42-25-11-4-12-26-42/h1-13,15,17,19-27,29-32H,14,16,18,28,33-34H2. The average Bonchev–Trinajstić information content (AvgIpc) is 3.17. The van der Waals surface area contributed by atoms with E-state index in [4.69, 9.17) is 0 Å². The average molecular weight is 655 g/mol. The number of aryl methyl sites for hydroxylation is 1. The predicted molar refractivity (Wildman–Crippen MR) is 212 cm³/mol. The maximum Gasteiger partial charge on any atom is 0.00138 e. The molecule has 0 nitrogen and oxygen atoms in total. The van der Waals surface area contributed by atoms with E-state index < -0.39 is 15.8 Å². The van der Waals surface area contributed by atoms with E-state index in [1.54, 1.807) is 11.1 Å². The Balaban J connectivity index is 1.35. The molecule has 1 aliphatic rings. The van der Waals surface area contributed by atoms with Gasteiger partial charge >= 0.3 is 0 Å². The molecule has 0 aromatic heterocycles. The van der Waals surface area contributed by atoms with E-state index in [1.165, 1.54) is 73.5 Å². The van der Waals surface area contributed by atoms with Crippen LogP contribution in [0.2, 0.25) is 0 Å². The van der Waals surface area contributed by atoms with Gasteiger partial charge in [0.05, 0.1) is 0 Å². The Morgan fingerprint density at radius 2 is 0.812 bits per heavy atom. The topological polar surface area (TPSA) is 0 Å². The Kier molecular flexibility index (Phi) is 9.30. The van der Waals surface area contributed by atoms with Gasteiger partial charge < -0.3 is 0 Å². The fraction of sp³-hybridized carbons (Fsp3) is 0.130. The number of fused-ring (bicyclic) bond motifs is 2. The van der Waals surface area contributed by atoms with Crippen LogP contribution in [0.1, 0.15) is 35.1 Å². The maximum absolute atomic E-state index is 2.50. The van der Waals surface area contributed by atoms with Gasteiger partial charge in [-0.05, 0) is 107 Å². The van der Waals surface area contributed by atoms with Crippen molar-refractivity contribution in [3.63, 3.8) is 0 Å². The smallest absolute Gasteiger partial charge is 0.00138 e. The minimum absolute atomic E-state index is 0.585. The van der Waals surface area contributed by atoms with Crippen molar-refractivity contribution in [1.82, 2.24) is 0 Å². The molecule has 0 amide bonds. The molecule has 7 aromatic carbocycles. The molecule has 0 spiro atoms. The van der Waals surface area contributed by atoms with Crippen LogP contribution in [0.3, 0.4) is 0 Å². The number of hydrogen-bond acceptors (Lipinski definition) is 0. The second-order valence-electron chi connectivity index (χ2n) is 12.8. The molecular weight excluding hydrogens is 614 g/mol. The fourth-order valence-electron chi connectivity index (χ4n) is 7.50. The Morgan fingerprint density at radius 1 is 0.375 bits per heavy atom. The molecule has 0 unspecified atom stereocenters. The van der Waals surface area contributed by atoms with Crippen molar-refractivity contribution < 1.29 is 0 Å². The van der Waals surface area contributed by atoms with Crippen LogP contribution in [0.4, 0.5) is 0 Å². The second-order valence-corrected chi connectivity index (χ2v) is 17.2. The van der Waals surface area contributed by atoms with E-state index in [0.717, 1.165) is 18.7 Å². The van der Waals surface area contributed by atoms with Crippen molar-refractivity contribution in [2.75, 3.05) is 0 Å². The monoisotopic (exact) mass is 654 g/mol. The molecule has 0 bridgehead atoms. The van der Waals surface area contributed by atoms with Gasteiger partial charge in [-0.1, -0.05) is 170 Å². The fourth-order valence-corrected chi connectivity index (χ4v) is 12.2. The summed E-state index contributed by atoms with van der Waals surface area (Å²) in [6.45, 7) is 0. The van der Waals surface area contributed by atoms with Crippen molar-refractivity contribution in [3.05, 3.63) is 192 Å². The van der Waals surface area contributed by atoms with Crippen molar-refractivity contribution in [2.45, 2.75) is 38.0 Å². The summed E-state index contributed by atoms with van der Waals surface area (Å²) in [5.41, 5.74) is 9.10. The zero-order chi connectivity index (χ0) is 32.1. The molecule has 0 atom stereocenters. The summed E-state index contributed by atoms with van der Waals surface area (Å²) in [5.74, 6) is 0. The highest BCUT2D eigenvalue weighted by atomic mass is 31.1. The van der Waals surface area contributed by atoms with Gasteiger partial charge in [-0.3, -0.25) is 0 Å². The van der Waals surface area contributed by atoms with Crippen LogP contribution in [0, 0.1) is 0 Å². The first kappa shape index (κ1) is 31.0. The highest BCUT2D eigenvalue weighted by Gasteiger charge is 2.26. The van der Waals surface area contributed by atoms with Crippen LogP contribution in [-0.4, -0.2) is 0 Å².